The van der Waals surface area contributed by atoms with Crippen LogP contribution in [0.15, 0.2) is 40.9 Å². The quantitative estimate of drug-likeness (QED) is 0.230. The third kappa shape index (κ3) is 2.74. The predicted molar refractivity (Wildman–Crippen MR) is 78.5 cm³/mol. The topological polar surface area (TPSA) is 4.93 Å². The summed E-state index contributed by atoms with van der Waals surface area (Å²) in [6.07, 6.45) is 1.08. The van der Waals surface area contributed by atoms with Gasteiger partial charge in [-0.2, -0.15) is 0 Å². The van der Waals surface area contributed by atoms with Crippen molar-refractivity contribution in [2.45, 2.75) is 6.42 Å². The van der Waals surface area contributed by atoms with E-state index in [0.717, 1.165) is 6.42 Å². The van der Waals surface area contributed by atoms with Crippen molar-refractivity contribution in [1.82, 2.24) is 4.57 Å². The Kier molecular flexibility index (Phi) is 6.82. The molecule has 1 aliphatic rings. The van der Waals surface area contributed by atoms with Crippen LogP contribution in [0.3, 0.4) is 0 Å². The summed E-state index contributed by atoms with van der Waals surface area (Å²) in [6, 6.07) is 13.2. The number of rotatable bonds is 0. The Morgan fingerprint density at radius 2 is 1.68 bits per heavy atom. The summed E-state index contributed by atoms with van der Waals surface area (Å²) in [5.74, 6) is 0. The minimum Gasteiger partial charge on any atom is -1.00 e. The van der Waals surface area contributed by atoms with Gasteiger partial charge in [-0.05, 0) is 0 Å². The zero-order valence-electron chi connectivity index (χ0n) is 11.6. The summed E-state index contributed by atoms with van der Waals surface area (Å²) in [5.41, 5.74) is 7.18. The molecule has 6 heteroatoms. The Labute approximate surface area is 172 Å². The molecule has 0 unspecified atom stereocenters. The largest absolute Gasteiger partial charge is 1.00 e. The summed E-state index contributed by atoms with van der Waals surface area (Å²) in [7, 11) is 2.18. The van der Waals surface area contributed by atoms with Crippen LogP contribution in [-0.2, 0) is 38.2 Å². The van der Waals surface area contributed by atoms with Gasteiger partial charge in [0.1, 0.15) is 0 Å². The molecule has 0 saturated heterocycles. The van der Waals surface area contributed by atoms with E-state index in [4.69, 9.17) is 0 Å². The van der Waals surface area contributed by atoms with E-state index in [-0.39, 0.29) is 37.2 Å². The number of hydrogen-bond donors (Lipinski definition) is 0. The molecule has 1 nitrogen and oxygen atoms in total. The van der Waals surface area contributed by atoms with Crippen molar-refractivity contribution in [2.24, 2.45) is 7.05 Å². The molecule has 0 radical (unpaired) electrons. The van der Waals surface area contributed by atoms with Crippen molar-refractivity contribution in [2.75, 3.05) is 0 Å². The zero-order chi connectivity index (χ0) is 13.1. The van der Waals surface area contributed by atoms with Gasteiger partial charge in [-0.25, -0.2) is 0 Å². The van der Waals surface area contributed by atoms with E-state index >= 15 is 0 Å². The fourth-order valence-electron chi connectivity index (χ4n) is 3.20. The molecule has 0 fully saturated rings. The maximum Gasteiger partial charge on any atom is -1.00 e. The molecule has 0 saturated carbocycles. The Morgan fingerprint density at radius 1 is 1.00 bits per heavy atom. The van der Waals surface area contributed by atoms with E-state index in [9.17, 15) is 0 Å². The molecule has 1 aliphatic carbocycles. The van der Waals surface area contributed by atoms with Gasteiger partial charge in [0.2, 0.25) is 0 Å². The van der Waals surface area contributed by atoms with Crippen molar-refractivity contribution in [1.29, 1.82) is 0 Å². The standard InChI is InChI=1S/C16H11BrN.3ClH.Zr/c1-18-15-5-3-2-4-13(15)14-9-10-8-11(17)6-7-12(10)16(14)18;;;;/h2-7H,9H2,1H3;3*1H;/q;;;;+3/p-3. The number of hydrogen-bond acceptors (Lipinski definition) is 0. The Hall–Kier alpha value is 0.213. The molecule has 0 bridgehead atoms. The van der Waals surface area contributed by atoms with Crippen LogP contribution in [0.2, 0.25) is 0 Å². The molecule has 1 aromatic heterocycles. The summed E-state index contributed by atoms with van der Waals surface area (Å²) in [5, 5.41) is 1.41. The number of nitrogens with zero attached hydrogens (tertiary/aromatic N) is 1. The van der Waals surface area contributed by atoms with Crippen molar-refractivity contribution >= 4 is 30.1 Å². The van der Waals surface area contributed by atoms with Gasteiger partial charge < -0.3 is 37.2 Å². The second kappa shape index (κ2) is 7.40. The minimum absolute atomic E-state index is 0. The molecule has 0 N–H and O–H groups in total. The molecule has 0 aliphatic heterocycles. The van der Waals surface area contributed by atoms with E-state index in [1.807, 2.05) is 0 Å². The first-order valence-electron chi connectivity index (χ1n) is 6.28. The molecule has 0 atom stereocenters. The number of fused-ring (bicyclic) bond motifs is 5. The summed E-state index contributed by atoms with van der Waals surface area (Å²) < 4.78 is 5.06. The summed E-state index contributed by atoms with van der Waals surface area (Å²) >= 11 is 5.15. The van der Waals surface area contributed by atoms with Crippen LogP contribution in [0.5, 0.6) is 0 Å². The molecule has 1 heterocycles. The van der Waals surface area contributed by atoms with Crippen molar-refractivity contribution < 1.29 is 61.9 Å². The van der Waals surface area contributed by atoms with Gasteiger partial charge in [0.25, 0.3) is 0 Å². The third-order valence-electron chi connectivity index (χ3n) is 4.08. The van der Waals surface area contributed by atoms with Gasteiger partial charge in [0, 0.05) is 0 Å². The van der Waals surface area contributed by atoms with Crippen LogP contribution in [0.25, 0.3) is 22.2 Å². The zero-order valence-corrected chi connectivity index (χ0v) is 17.9. The number of benzene rings is 2. The normalized spacial score (nSPS) is 11.1. The maximum absolute atomic E-state index is 3.67. The van der Waals surface area contributed by atoms with Gasteiger partial charge in [0.05, 0.1) is 0 Å². The molecule has 0 spiro atoms. The van der Waals surface area contributed by atoms with Crippen LogP contribution >= 0.6 is 15.9 Å². The second-order valence-corrected chi connectivity index (χ2v) is 7.11. The van der Waals surface area contributed by atoms with Crippen LogP contribution < -0.4 is 40.5 Å². The first-order chi connectivity index (χ1) is 9.18. The van der Waals surface area contributed by atoms with Gasteiger partial charge in [-0.1, -0.05) is 0 Å². The fraction of sp³-hybridized carbons (Fsp3) is 0.125. The molecule has 112 valence electrons. The van der Waals surface area contributed by atoms with Crippen LogP contribution in [0.1, 0.15) is 11.1 Å². The Bertz CT molecular complexity index is 845. The van der Waals surface area contributed by atoms with E-state index < -0.39 is 0 Å². The SMILES string of the molecule is Cn1c2c(c3ccccc31)Cc1c-2ccc(Br)[c]1[Zr+3].[Cl-].[Cl-].[Cl-]. The predicted octanol–water partition coefficient (Wildman–Crippen LogP) is -5.30. The van der Waals surface area contributed by atoms with Gasteiger partial charge in [-0.15, -0.1) is 0 Å². The smallest absolute Gasteiger partial charge is 1.00 e. The molecular weight excluding hydrogens is 484 g/mol. The number of para-hydroxylation sites is 1. The summed E-state index contributed by atoms with van der Waals surface area (Å²) in [6.45, 7) is 0. The molecule has 4 rings (SSSR count). The first kappa shape index (κ1) is 20.3. The van der Waals surface area contributed by atoms with Gasteiger partial charge in [-0.3, -0.25) is 0 Å². The van der Waals surface area contributed by atoms with E-state index in [1.165, 1.54) is 65.8 Å². The first-order valence-corrected chi connectivity index (χ1v) is 8.30. The average molecular weight is 495 g/mol. The van der Waals surface area contributed by atoms with Crippen molar-refractivity contribution in [3.05, 3.63) is 52.0 Å². The van der Waals surface area contributed by atoms with Crippen molar-refractivity contribution in [3.8, 4) is 11.3 Å². The molecule has 0 amide bonds. The Balaban J connectivity index is 0.000000807. The van der Waals surface area contributed by atoms with Gasteiger partial charge in [0.15, 0.2) is 0 Å². The van der Waals surface area contributed by atoms with Crippen molar-refractivity contribution in [3.63, 3.8) is 0 Å². The maximum atomic E-state index is 3.67. The molecule has 2 aromatic carbocycles. The second-order valence-electron chi connectivity index (χ2n) is 5.03. The Morgan fingerprint density at radius 3 is 2.41 bits per heavy atom. The van der Waals surface area contributed by atoms with Crippen LogP contribution in [0.4, 0.5) is 0 Å². The minimum atomic E-state index is 0. The molecule has 22 heavy (non-hydrogen) atoms. The van der Waals surface area contributed by atoms with E-state index in [1.54, 1.807) is 0 Å². The fourth-order valence-corrected chi connectivity index (χ4v) is 4.32. The molecular formula is C16H11BrCl3NZr. The number of halogens is 4. The summed E-state index contributed by atoms with van der Waals surface area (Å²) in [4.78, 5) is 0. The van der Waals surface area contributed by atoms with E-state index in [0.29, 0.717) is 0 Å². The average Bonchev–Trinajstić information content (AvgIpc) is 2.93. The number of aryl methyl sites for hydroxylation is 1. The van der Waals surface area contributed by atoms with Crippen LogP contribution in [0, 0.1) is 0 Å². The monoisotopic (exact) mass is 491 g/mol. The van der Waals surface area contributed by atoms with Gasteiger partial charge >= 0.3 is 136 Å². The third-order valence-corrected chi connectivity index (χ3v) is 7.05. The number of aromatic nitrogens is 1. The molecule has 3 aromatic rings. The van der Waals surface area contributed by atoms with E-state index in [2.05, 4.69) is 63.9 Å². The van der Waals surface area contributed by atoms with Crippen LogP contribution in [-0.4, -0.2) is 4.57 Å².